The fourth-order valence-electron chi connectivity index (χ4n) is 3.01. The van der Waals surface area contributed by atoms with E-state index in [0.29, 0.717) is 21.1 Å². The zero-order chi connectivity index (χ0) is 19.2. The highest BCUT2D eigenvalue weighted by molar-refractivity contribution is 7.93. The number of amides is 1. The Morgan fingerprint density at radius 1 is 1.00 bits per heavy atom. The van der Waals surface area contributed by atoms with Crippen molar-refractivity contribution in [1.29, 1.82) is 0 Å². The molecule has 0 aliphatic carbocycles. The predicted octanol–water partition coefficient (Wildman–Crippen LogP) is 3.75. The predicted molar refractivity (Wildman–Crippen MR) is 105 cm³/mol. The Balaban J connectivity index is 2.08. The Labute approximate surface area is 158 Å². The van der Waals surface area contributed by atoms with Crippen LogP contribution in [0.2, 0.25) is 0 Å². The van der Waals surface area contributed by atoms with Gasteiger partial charge in [0.15, 0.2) is 5.58 Å². The van der Waals surface area contributed by atoms with E-state index in [9.17, 15) is 18.0 Å². The highest BCUT2D eigenvalue weighted by Crippen LogP contribution is 2.37. The summed E-state index contributed by atoms with van der Waals surface area (Å²) in [4.78, 5) is 23.6. The first-order chi connectivity index (χ1) is 12.9. The van der Waals surface area contributed by atoms with E-state index in [4.69, 9.17) is 4.42 Å². The number of hydrogen-bond acceptors (Lipinski definition) is 6. The molecule has 6 nitrogen and oxygen atoms in total. The van der Waals surface area contributed by atoms with E-state index in [1.807, 2.05) is 0 Å². The number of carbonyl (C=O) groups excluding carboxylic acids is 1. The number of fused-ring (bicyclic) bond motifs is 3. The van der Waals surface area contributed by atoms with Gasteiger partial charge in [-0.25, -0.2) is 17.5 Å². The summed E-state index contributed by atoms with van der Waals surface area (Å²) >= 11 is 0.862. The molecule has 0 atom stereocenters. The summed E-state index contributed by atoms with van der Waals surface area (Å²) in [5.41, 5.74) is 0.566. The molecule has 136 valence electrons. The van der Waals surface area contributed by atoms with E-state index < -0.39 is 20.9 Å². The summed E-state index contributed by atoms with van der Waals surface area (Å²) in [6.45, 7) is 1.19. The van der Waals surface area contributed by atoms with Crippen molar-refractivity contribution in [3.8, 4) is 0 Å². The van der Waals surface area contributed by atoms with Crippen LogP contribution >= 0.6 is 11.3 Å². The van der Waals surface area contributed by atoms with Gasteiger partial charge in [-0.2, -0.15) is 0 Å². The van der Waals surface area contributed by atoms with Crippen LogP contribution in [0, 0.1) is 0 Å². The number of anilines is 1. The second kappa shape index (κ2) is 6.33. The Kier molecular flexibility index (Phi) is 4.09. The van der Waals surface area contributed by atoms with Gasteiger partial charge in [-0.1, -0.05) is 53.8 Å². The minimum absolute atomic E-state index is 0.00441. The molecule has 0 bridgehead atoms. The van der Waals surface area contributed by atoms with E-state index >= 15 is 0 Å². The van der Waals surface area contributed by atoms with Crippen molar-refractivity contribution in [2.75, 3.05) is 4.31 Å². The second-order valence-corrected chi connectivity index (χ2v) is 8.59. The van der Waals surface area contributed by atoms with Crippen LogP contribution in [-0.2, 0) is 14.8 Å². The van der Waals surface area contributed by atoms with Gasteiger partial charge in [-0.05, 0) is 18.2 Å². The third-order valence-corrected chi connectivity index (χ3v) is 6.68. The van der Waals surface area contributed by atoms with Crippen LogP contribution in [0.25, 0.3) is 21.1 Å². The summed E-state index contributed by atoms with van der Waals surface area (Å²) in [5, 5.41) is 1.07. The SMILES string of the molecule is CC(=O)N(c1cc2sc(=O)oc2c2ccccc12)S(=O)(=O)c1ccccc1. The van der Waals surface area contributed by atoms with E-state index in [1.54, 1.807) is 42.5 Å². The van der Waals surface area contributed by atoms with Crippen LogP contribution < -0.4 is 9.24 Å². The molecule has 1 amide bonds. The van der Waals surface area contributed by atoms with Gasteiger partial charge in [-0.3, -0.25) is 4.79 Å². The first-order valence-electron chi connectivity index (χ1n) is 7.96. The lowest BCUT2D eigenvalue weighted by atomic mass is 10.1. The first-order valence-corrected chi connectivity index (χ1v) is 10.2. The van der Waals surface area contributed by atoms with Gasteiger partial charge in [0.2, 0.25) is 5.91 Å². The summed E-state index contributed by atoms with van der Waals surface area (Å²) in [7, 11) is -4.13. The monoisotopic (exact) mass is 399 g/mol. The highest BCUT2D eigenvalue weighted by Gasteiger charge is 2.30. The Morgan fingerprint density at radius 3 is 2.30 bits per heavy atom. The van der Waals surface area contributed by atoms with E-state index in [-0.39, 0.29) is 10.6 Å². The summed E-state index contributed by atoms with van der Waals surface area (Å²) in [6, 6.07) is 16.2. The maximum atomic E-state index is 13.2. The van der Waals surface area contributed by atoms with Gasteiger partial charge in [-0.15, -0.1) is 0 Å². The largest absolute Gasteiger partial charge is 0.413 e. The lowest BCUT2D eigenvalue weighted by Gasteiger charge is -2.22. The number of nitrogens with zero attached hydrogens (tertiary/aromatic N) is 1. The molecule has 0 radical (unpaired) electrons. The second-order valence-electron chi connectivity index (χ2n) is 5.82. The first kappa shape index (κ1) is 17.4. The molecule has 8 heteroatoms. The molecule has 0 saturated carbocycles. The average Bonchev–Trinajstić information content (AvgIpc) is 3.02. The lowest BCUT2D eigenvalue weighted by Crippen LogP contribution is -2.35. The van der Waals surface area contributed by atoms with Crippen LogP contribution in [-0.4, -0.2) is 14.3 Å². The molecule has 0 aliphatic heterocycles. The summed E-state index contributed by atoms with van der Waals surface area (Å²) in [6.07, 6.45) is 0. The van der Waals surface area contributed by atoms with Crippen LogP contribution in [0.15, 0.2) is 74.8 Å². The molecule has 0 spiro atoms. The Hall–Kier alpha value is -2.97. The zero-order valence-electron chi connectivity index (χ0n) is 14.1. The van der Waals surface area contributed by atoms with Crippen molar-refractivity contribution in [3.05, 3.63) is 70.4 Å². The van der Waals surface area contributed by atoms with E-state index in [1.165, 1.54) is 25.1 Å². The van der Waals surface area contributed by atoms with Gasteiger partial charge in [0.1, 0.15) is 0 Å². The van der Waals surface area contributed by atoms with Crippen molar-refractivity contribution in [2.45, 2.75) is 11.8 Å². The summed E-state index contributed by atoms with van der Waals surface area (Å²) in [5.74, 6) is -0.654. The van der Waals surface area contributed by atoms with Crippen molar-refractivity contribution in [1.82, 2.24) is 0 Å². The molecule has 3 aromatic carbocycles. The number of hydrogen-bond donors (Lipinski definition) is 0. The van der Waals surface area contributed by atoms with E-state index in [0.717, 1.165) is 15.6 Å². The molecule has 0 fully saturated rings. The van der Waals surface area contributed by atoms with Gasteiger partial charge < -0.3 is 4.42 Å². The van der Waals surface area contributed by atoms with Crippen LogP contribution in [0.3, 0.4) is 0 Å². The minimum Gasteiger partial charge on any atom is -0.413 e. The molecule has 0 aliphatic rings. The molecule has 0 unspecified atom stereocenters. The third kappa shape index (κ3) is 2.83. The molecule has 0 N–H and O–H groups in total. The van der Waals surface area contributed by atoms with Crippen LogP contribution in [0.4, 0.5) is 5.69 Å². The highest BCUT2D eigenvalue weighted by atomic mass is 32.2. The molecular weight excluding hydrogens is 386 g/mol. The lowest BCUT2D eigenvalue weighted by molar-refractivity contribution is -0.115. The van der Waals surface area contributed by atoms with Crippen molar-refractivity contribution >= 4 is 54.0 Å². The molecule has 4 rings (SSSR count). The standard InChI is InChI=1S/C19H13NO5S2/c1-12(21)20(27(23,24)13-7-3-2-4-8-13)16-11-17-18(25-19(22)26-17)15-10-6-5-9-14(15)16/h2-11H,1H3. The molecule has 1 aromatic heterocycles. The smallest absolute Gasteiger partial charge is 0.396 e. The molecule has 4 aromatic rings. The van der Waals surface area contributed by atoms with Crippen molar-refractivity contribution in [2.24, 2.45) is 0 Å². The molecule has 27 heavy (non-hydrogen) atoms. The molecular formula is C19H13NO5S2. The third-order valence-electron chi connectivity index (χ3n) is 4.10. The number of benzene rings is 3. The maximum absolute atomic E-state index is 13.2. The number of sulfonamides is 1. The van der Waals surface area contributed by atoms with Crippen LogP contribution in [0.5, 0.6) is 0 Å². The van der Waals surface area contributed by atoms with Gasteiger partial charge in [0, 0.05) is 17.7 Å². The topological polar surface area (TPSA) is 84.7 Å². The molecule has 1 heterocycles. The maximum Gasteiger partial charge on any atom is 0.396 e. The Bertz CT molecular complexity index is 1340. The van der Waals surface area contributed by atoms with Gasteiger partial charge in [0.05, 0.1) is 15.3 Å². The fraction of sp³-hybridized carbons (Fsp3) is 0.0526. The quantitative estimate of drug-likeness (QED) is 0.524. The van der Waals surface area contributed by atoms with Crippen molar-refractivity contribution in [3.63, 3.8) is 0 Å². The summed E-state index contributed by atoms with van der Waals surface area (Å²) < 4.78 is 32.9. The number of carbonyl (C=O) groups is 1. The van der Waals surface area contributed by atoms with Gasteiger partial charge >= 0.3 is 4.94 Å². The van der Waals surface area contributed by atoms with Crippen LogP contribution in [0.1, 0.15) is 6.92 Å². The average molecular weight is 399 g/mol. The van der Waals surface area contributed by atoms with Crippen molar-refractivity contribution < 1.29 is 17.6 Å². The number of rotatable bonds is 3. The minimum atomic E-state index is -4.13. The van der Waals surface area contributed by atoms with E-state index in [2.05, 4.69) is 0 Å². The Morgan fingerprint density at radius 2 is 1.63 bits per heavy atom. The fourth-order valence-corrected chi connectivity index (χ4v) is 5.19. The van der Waals surface area contributed by atoms with Gasteiger partial charge in [0.25, 0.3) is 10.0 Å². The molecule has 0 saturated heterocycles. The normalized spacial score (nSPS) is 11.7. The zero-order valence-corrected chi connectivity index (χ0v) is 15.7.